The van der Waals surface area contributed by atoms with E-state index in [4.69, 9.17) is 0 Å². The molecule has 0 saturated carbocycles. The van der Waals surface area contributed by atoms with Gasteiger partial charge in [-0.3, -0.25) is 0 Å². The van der Waals surface area contributed by atoms with Gasteiger partial charge in [0.1, 0.15) is 0 Å². The van der Waals surface area contributed by atoms with Gasteiger partial charge in [-0.05, 0) is 10.9 Å². The third-order valence-electron chi connectivity index (χ3n) is 0. The Balaban J connectivity index is -0.0000000150. The maximum absolute atomic E-state index is 2.19. The van der Waals surface area contributed by atoms with Crippen molar-refractivity contribution in [3.63, 3.8) is 0 Å². The van der Waals surface area contributed by atoms with Crippen molar-refractivity contribution in [3.8, 4) is 0 Å². The minimum Gasteiger partial charge on any atom is -1.00 e. The Morgan fingerprint density at radius 2 is 1.17 bits per heavy atom. The van der Waals surface area contributed by atoms with Gasteiger partial charge < -0.3 is 25.4 Å². The first-order chi connectivity index (χ1) is 1.73. The Labute approximate surface area is 83.6 Å². The Hall–Kier alpha value is 2.08. The molecule has 0 heterocycles. The van der Waals surface area contributed by atoms with E-state index in [0.29, 0.717) is 10.9 Å². The molecule has 0 unspecified atom stereocenters. The predicted octanol–water partition coefficient (Wildman–Crippen LogP) is -5.39. The molecule has 0 aromatic carbocycles. The van der Waals surface area contributed by atoms with E-state index in [0.717, 1.165) is 0 Å². The zero-order chi connectivity index (χ0) is 3.58. The Bertz CT molecular complexity index is 19.7. The van der Waals surface area contributed by atoms with Crippen molar-refractivity contribution >= 4 is 10.9 Å². The molecule has 3 heteroatoms. The number of hydrogen-bond donors (Lipinski definition) is 0. The van der Waals surface area contributed by atoms with Crippen LogP contribution in [0.15, 0.2) is 0 Å². The van der Waals surface area contributed by atoms with Crippen LogP contribution in [-0.4, -0.2) is 18.8 Å². The van der Waals surface area contributed by atoms with Crippen LogP contribution in [0.3, 0.4) is 0 Å². The third kappa shape index (κ3) is 36.3. The molecule has 0 bridgehead atoms. The van der Waals surface area contributed by atoms with E-state index >= 15 is 0 Å². The molecule has 0 saturated heterocycles. The van der Waals surface area contributed by atoms with Crippen LogP contribution in [0.4, 0.5) is 0 Å². The Kier molecular flexibility index (Phi) is 26.5. The van der Waals surface area contributed by atoms with Crippen LogP contribution < -0.4 is 53.5 Å². The predicted molar refractivity (Wildman–Crippen MR) is 26.2 cm³/mol. The first-order valence-corrected chi connectivity index (χ1v) is 3.67. The molecule has 0 fully saturated rings. The van der Waals surface area contributed by atoms with Gasteiger partial charge in [0.05, 0.1) is 18.8 Å². The van der Waals surface area contributed by atoms with E-state index in [2.05, 4.69) is 18.8 Å². The van der Waals surface area contributed by atoms with Gasteiger partial charge in [0.25, 0.3) is 0 Å². The smallest absolute Gasteiger partial charge is 1.00 e. The van der Waals surface area contributed by atoms with E-state index in [9.17, 15) is 0 Å². The van der Waals surface area contributed by atoms with Crippen molar-refractivity contribution in [1.29, 1.82) is 0 Å². The zero-order valence-electron chi connectivity index (χ0n) is 5.79. The quantitative estimate of drug-likeness (QED) is 0.220. The Morgan fingerprint density at radius 1 is 1.17 bits per heavy atom. The fourth-order valence-corrected chi connectivity index (χ4v) is 0. The molecular weight excluding hydrogens is 218 g/mol. The minimum absolute atomic E-state index is 0. The van der Waals surface area contributed by atoms with Crippen LogP contribution in [0.1, 0.15) is 1.43 Å². The molecule has 0 amide bonds. The van der Waals surface area contributed by atoms with Crippen LogP contribution in [0, 0.1) is 0 Å². The molecule has 6 heavy (non-hydrogen) atoms. The maximum atomic E-state index is 2.19. The molecular formula is C3H10INaS. The van der Waals surface area contributed by atoms with Crippen LogP contribution in [0.5, 0.6) is 0 Å². The summed E-state index contributed by atoms with van der Waals surface area (Å²) >= 11 is 0. The topological polar surface area (TPSA) is 0 Å². The maximum Gasteiger partial charge on any atom is 1.00 e. The van der Waals surface area contributed by atoms with Gasteiger partial charge >= 0.3 is 29.6 Å². The van der Waals surface area contributed by atoms with Crippen molar-refractivity contribution in [1.82, 2.24) is 0 Å². The van der Waals surface area contributed by atoms with E-state index in [-0.39, 0.29) is 55.0 Å². The van der Waals surface area contributed by atoms with Gasteiger partial charge in [0, 0.05) is 0 Å². The molecule has 0 aliphatic heterocycles. The molecule has 0 nitrogen and oxygen atoms in total. The van der Waals surface area contributed by atoms with E-state index in [1.807, 2.05) is 0 Å². The monoisotopic (exact) mass is 228 g/mol. The summed E-state index contributed by atoms with van der Waals surface area (Å²) < 4.78 is 0. The summed E-state index contributed by atoms with van der Waals surface area (Å²) in [6.45, 7) is 0. The number of rotatable bonds is 0. The summed E-state index contributed by atoms with van der Waals surface area (Å²) in [4.78, 5) is 0. The summed E-state index contributed by atoms with van der Waals surface area (Å²) in [5.74, 6) is 0. The number of halogens is 1. The number of hydrogen-bond acceptors (Lipinski definition) is 0. The largest absolute Gasteiger partial charge is 1.00 e. The molecule has 0 spiro atoms. The SMILES string of the molecule is C[S+](C)C.[H-].[I-].[Na+]. The summed E-state index contributed by atoms with van der Waals surface area (Å²) in [6.07, 6.45) is 6.58. The molecule has 0 N–H and O–H groups in total. The first-order valence-electron chi connectivity index (χ1n) is 1.22. The summed E-state index contributed by atoms with van der Waals surface area (Å²) in [5, 5.41) is 0. The second kappa shape index (κ2) is 10.1. The summed E-state index contributed by atoms with van der Waals surface area (Å²) in [7, 11) is 0.639. The van der Waals surface area contributed by atoms with Crippen molar-refractivity contribution in [2.24, 2.45) is 0 Å². The van der Waals surface area contributed by atoms with Crippen molar-refractivity contribution in [2.75, 3.05) is 18.8 Å². The summed E-state index contributed by atoms with van der Waals surface area (Å²) in [6, 6.07) is 0. The molecule has 0 atom stereocenters. The zero-order valence-corrected chi connectivity index (χ0v) is 9.76. The average molecular weight is 228 g/mol. The van der Waals surface area contributed by atoms with E-state index in [1.165, 1.54) is 0 Å². The second-order valence-corrected chi connectivity index (χ2v) is 3.67. The fraction of sp³-hybridized carbons (Fsp3) is 1.00. The molecule has 0 aromatic heterocycles. The Morgan fingerprint density at radius 3 is 1.17 bits per heavy atom. The van der Waals surface area contributed by atoms with E-state index in [1.54, 1.807) is 0 Å². The molecule has 0 radical (unpaired) electrons. The van der Waals surface area contributed by atoms with Crippen LogP contribution >= 0.6 is 0 Å². The fourth-order valence-electron chi connectivity index (χ4n) is 0. The van der Waals surface area contributed by atoms with Crippen LogP contribution in [-0.2, 0) is 10.9 Å². The van der Waals surface area contributed by atoms with Gasteiger partial charge in [-0.2, -0.15) is 0 Å². The van der Waals surface area contributed by atoms with Gasteiger partial charge in [0.2, 0.25) is 0 Å². The third-order valence-corrected chi connectivity index (χ3v) is 0. The molecule has 0 aromatic rings. The van der Waals surface area contributed by atoms with Gasteiger partial charge in [-0.25, -0.2) is 0 Å². The van der Waals surface area contributed by atoms with Crippen LogP contribution in [0.25, 0.3) is 0 Å². The molecule has 0 rings (SSSR count). The van der Waals surface area contributed by atoms with Gasteiger partial charge in [-0.15, -0.1) is 0 Å². The summed E-state index contributed by atoms with van der Waals surface area (Å²) in [5.41, 5.74) is 0. The molecule has 0 aliphatic carbocycles. The second-order valence-electron chi connectivity index (χ2n) is 1.22. The average Bonchev–Trinajstić information content (AvgIpc) is 0.811. The van der Waals surface area contributed by atoms with Crippen LogP contribution in [0.2, 0.25) is 0 Å². The normalized spacial score (nSPS) is 6.00. The van der Waals surface area contributed by atoms with Crippen molar-refractivity contribution < 1.29 is 55.0 Å². The van der Waals surface area contributed by atoms with Gasteiger partial charge in [0.15, 0.2) is 0 Å². The van der Waals surface area contributed by atoms with Crippen molar-refractivity contribution in [2.45, 2.75) is 0 Å². The minimum atomic E-state index is 0. The molecule has 0 aliphatic rings. The molecule has 36 valence electrons. The van der Waals surface area contributed by atoms with Gasteiger partial charge in [-0.1, -0.05) is 0 Å². The van der Waals surface area contributed by atoms with E-state index < -0.39 is 0 Å². The standard InChI is InChI=1S/C3H9S.HI.Na.H/c1-4(2)3;;;/h1-3H3;1H;;/q+1;;+1;-1/p-1. The first kappa shape index (κ1) is 15.7. The van der Waals surface area contributed by atoms with Crippen molar-refractivity contribution in [3.05, 3.63) is 0 Å².